The smallest absolute Gasteiger partial charge is 0.342 e. The van der Waals surface area contributed by atoms with E-state index in [0.29, 0.717) is 0 Å². The number of hydrazine groups is 1. The first-order valence-corrected chi connectivity index (χ1v) is 10.3. The first kappa shape index (κ1) is 20.0. The summed E-state index contributed by atoms with van der Waals surface area (Å²) in [5.74, 6) is 4.31. The first-order chi connectivity index (χ1) is 12.0. The van der Waals surface area contributed by atoms with Crippen molar-refractivity contribution in [3.63, 3.8) is 0 Å². The van der Waals surface area contributed by atoms with Crippen molar-refractivity contribution in [2.75, 3.05) is 16.9 Å². The van der Waals surface area contributed by atoms with Crippen LogP contribution in [0.2, 0.25) is 0 Å². The van der Waals surface area contributed by atoms with Crippen LogP contribution in [0.15, 0.2) is 0 Å². The Labute approximate surface area is 146 Å². The van der Waals surface area contributed by atoms with E-state index in [9.17, 15) is 18.9 Å². The maximum absolute atomic E-state index is 12.2. The van der Waals surface area contributed by atoms with E-state index in [0.717, 1.165) is 0 Å². The lowest BCUT2D eigenvalue weighted by Gasteiger charge is -2.16. The van der Waals surface area contributed by atoms with Crippen molar-refractivity contribution < 1.29 is 23.2 Å². The van der Waals surface area contributed by atoms with Crippen molar-refractivity contribution in [1.82, 2.24) is 29.9 Å². The molecule has 26 heavy (non-hydrogen) atoms. The third-order valence-electron chi connectivity index (χ3n) is 2.58. The molecule has 2 unspecified atom stereocenters. The number of nitrogens with zero attached hydrogens (tertiary/aromatic N) is 6. The van der Waals surface area contributed by atoms with Crippen LogP contribution >= 0.6 is 15.2 Å². The van der Waals surface area contributed by atoms with E-state index in [4.69, 9.17) is 17.3 Å². The Kier molecular flexibility index (Phi) is 5.81. The number of anilines is 3. The third kappa shape index (κ3) is 5.91. The maximum atomic E-state index is 12.2. The molecule has 2 atom stereocenters. The van der Waals surface area contributed by atoms with Crippen LogP contribution < -0.4 is 22.7 Å². The van der Waals surface area contributed by atoms with Gasteiger partial charge in [0.15, 0.2) is 0 Å². The zero-order chi connectivity index (χ0) is 19.5. The molecule has 0 aromatic carbocycles. The van der Waals surface area contributed by atoms with E-state index in [1.165, 1.54) is 6.92 Å². The highest BCUT2D eigenvalue weighted by Crippen LogP contribution is 2.61. The van der Waals surface area contributed by atoms with Gasteiger partial charge >= 0.3 is 15.2 Å². The SMILES string of the molecule is Cc1nc(N)nc(CP(=O)(O)OP(=O)(O)Cc2nc(N)nc(NN)n2)n1. The van der Waals surface area contributed by atoms with Crippen molar-refractivity contribution in [3.05, 3.63) is 17.5 Å². The molecule has 0 radical (unpaired) electrons. The molecule has 0 bridgehead atoms. The highest BCUT2D eigenvalue weighted by Gasteiger charge is 2.34. The number of rotatable bonds is 7. The van der Waals surface area contributed by atoms with Gasteiger partial charge in [0.25, 0.3) is 0 Å². The molecule has 2 aromatic rings. The van der Waals surface area contributed by atoms with Crippen molar-refractivity contribution in [2.24, 2.45) is 5.84 Å². The standard InChI is InChI=1S/C9H16N10O5P2/c1-4-13-5(15-7(10)14-4)2-25(20,21)24-26(22,23)3-6-16-8(11)18-9(17-6)19-12/h2-3,12H2,1H3,(H,20,21)(H,22,23)(H2,10,13,14,15)(H3,11,16,17,18,19). The Bertz CT molecular complexity index is 890. The second-order valence-corrected chi connectivity index (χ2v) is 8.74. The molecule has 0 amide bonds. The average molecular weight is 406 g/mol. The summed E-state index contributed by atoms with van der Waals surface area (Å²) in [4.78, 5) is 41.9. The van der Waals surface area contributed by atoms with Crippen molar-refractivity contribution in [3.8, 4) is 0 Å². The van der Waals surface area contributed by atoms with Crippen LogP contribution in [0.5, 0.6) is 0 Å². The predicted octanol–water partition coefficient (Wildman–Crippen LogP) is -1.10. The summed E-state index contributed by atoms with van der Waals surface area (Å²) in [6.07, 6.45) is -1.56. The van der Waals surface area contributed by atoms with Gasteiger partial charge in [0, 0.05) is 0 Å². The van der Waals surface area contributed by atoms with Crippen LogP contribution in [0, 0.1) is 6.92 Å². The van der Waals surface area contributed by atoms with Crippen molar-refractivity contribution in [2.45, 2.75) is 19.2 Å². The number of hydrogen-bond donors (Lipinski definition) is 6. The van der Waals surface area contributed by atoms with Gasteiger partial charge in [-0.05, 0) is 6.92 Å². The Balaban J connectivity index is 2.15. The molecule has 0 aliphatic carbocycles. The molecule has 2 aromatic heterocycles. The highest BCUT2D eigenvalue weighted by molar-refractivity contribution is 7.65. The quantitative estimate of drug-likeness (QED) is 0.181. The maximum Gasteiger partial charge on any atom is 0.342 e. The van der Waals surface area contributed by atoms with Gasteiger partial charge in [-0.15, -0.1) is 0 Å². The molecule has 0 spiro atoms. The molecule has 0 fully saturated rings. The zero-order valence-electron chi connectivity index (χ0n) is 13.3. The van der Waals surface area contributed by atoms with E-state index < -0.39 is 27.5 Å². The van der Waals surface area contributed by atoms with Gasteiger partial charge in [-0.2, -0.15) is 24.9 Å². The molecule has 0 saturated carbocycles. The molecular weight excluding hydrogens is 390 g/mol. The third-order valence-corrected chi connectivity index (χ3v) is 5.98. The minimum absolute atomic E-state index is 0.157. The molecule has 2 rings (SSSR count). The van der Waals surface area contributed by atoms with E-state index in [-0.39, 0.29) is 35.3 Å². The summed E-state index contributed by atoms with van der Waals surface area (Å²) in [7, 11) is -9.25. The van der Waals surface area contributed by atoms with Gasteiger partial charge in [-0.25, -0.2) is 15.1 Å². The van der Waals surface area contributed by atoms with Crippen molar-refractivity contribution >= 4 is 33.0 Å². The van der Waals surface area contributed by atoms with Crippen LogP contribution in [0.4, 0.5) is 17.8 Å². The van der Waals surface area contributed by atoms with Crippen molar-refractivity contribution in [1.29, 1.82) is 0 Å². The van der Waals surface area contributed by atoms with Gasteiger partial charge in [0.05, 0.1) is 0 Å². The lowest BCUT2D eigenvalue weighted by Crippen LogP contribution is -2.14. The largest absolute Gasteiger partial charge is 0.368 e. The number of nitrogen functional groups attached to an aromatic ring is 3. The summed E-state index contributed by atoms with van der Waals surface area (Å²) in [6, 6.07) is 0. The lowest BCUT2D eigenvalue weighted by molar-refractivity contribution is 0.329. The molecule has 9 N–H and O–H groups in total. The van der Waals surface area contributed by atoms with E-state index >= 15 is 0 Å². The summed E-state index contributed by atoms with van der Waals surface area (Å²) in [6.45, 7) is 1.50. The number of nitrogens with two attached hydrogens (primary N) is 3. The molecule has 2 heterocycles. The second kappa shape index (κ2) is 7.53. The molecule has 0 saturated heterocycles. The molecular formula is C9H16N10O5P2. The Hall–Kier alpha value is -2.28. The Morgan fingerprint density at radius 2 is 1.42 bits per heavy atom. The fourth-order valence-electron chi connectivity index (χ4n) is 1.82. The van der Waals surface area contributed by atoms with Crippen LogP contribution in [-0.2, 0) is 25.8 Å². The van der Waals surface area contributed by atoms with Gasteiger partial charge < -0.3 is 21.3 Å². The fourth-order valence-corrected chi connectivity index (χ4v) is 4.87. The van der Waals surface area contributed by atoms with Crippen LogP contribution in [0.25, 0.3) is 0 Å². The normalized spacial score (nSPS) is 15.8. The second-order valence-electron chi connectivity index (χ2n) is 4.91. The van der Waals surface area contributed by atoms with Gasteiger partial charge in [-0.1, -0.05) is 0 Å². The van der Waals surface area contributed by atoms with E-state index in [1.807, 2.05) is 0 Å². The summed E-state index contributed by atoms with van der Waals surface area (Å²) < 4.78 is 28.8. The molecule has 142 valence electrons. The molecule has 0 aliphatic heterocycles. The van der Waals surface area contributed by atoms with E-state index in [2.05, 4.69) is 39.6 Å². The van der Waals surface area contributed by atoms with Gasteiger partial charge in [-0.3, -0.25) is 14.6 Å². The average Bonchev–Trinajstić information content (AvgIpc) is 2.42. The topological polar surface area (TPSA) is 251 Å². The minimum atomic E-state index is -4.64. The molecule has 0 aliphatic rings. The van der Waals surface area contributed by atoms with Gasteiger partial charge in [0.1, 0.15) is 29.8 Å². The fraction of sp³-hybridized carbons (Fsp3) is 0.333. The number of hydrogen-bond acceptors (Lipinski definition) is 13. The summed E-state index contributed by atoms with van der Waals surface area (Å²) in [5, 5.41) is 0. The predicted molar refractivity (Wildman–Crippen MR) is 89.2 cm³/mol. The van der Waals surface area contributed by atoms with Crippen LogP contribution in [0.3, 0.4) is 0 Å². The number of nitrogens with one attached hydrogen (secondary N) is 1. The van der Waals surface area contributed by atoms with Crippen LogP contribution in [0.1, 0.15) is 17.5 Å². The van der Waals surface area contributed by atoms with E-state index in [1.54, 1.807) is 0 Å². The lowest BCUT2D eigenvalue weighted by atomic mass is 10.6. The Morgan fingerprint density at radius 3 is 1.92 bits per heavy atom. The summed E-state index contributed by atoms with van der Waals surface area (Å²) >= 11 is 0. The number of aryl methyl sites for hydroxylation is 1. The monoisotopic (exact) mass is 406 g/mol. The van der Waals surface area contributed by atoms with Gasteiger partial charge in [0.2, 0.25) is 17.8 Å². The Morgan fingerprint density at radius 1 is 0.923 bits per heavy atom. The minimum Gasteiger partial charge on any atom is -0.368 e. The highest BCUT2D eigenvalue weighted by atomic mass is 31.3. The summed E-state index contributed by atoms with van der Waals surface area (Å²) in [5.41, 5.74) is 12.9. The molecule has 17 heteroatoms. The number of aromatic nitrogens is 6. The first-order valence-electron chi connectivity index (χ1n) is 6.77. The molecule has 15 nitrogen and oxygen atoms in total. The van der Waals surface area contributed by atoms with Crippen LogP contribution in [-0.4, -0.2) is 39.7 Å². The zero-order valence-corrected chi connectivity index (χ0v) is 15.1.